The van der Waals surface area contributed by atoms with E-state index in [2.05, 4.69) is 5.16 Å². The number of rotatable bonds is 2. The first kappa shape index (κ1) is 12.1. The maximum Gasteiger partial charge on any atom is 0.229 e. The Morgan fingerprint density at radius 2 is 2.12 bits per heavy atom. The lowest BCUT2D eigenvalue weighted by Crippen LogP contribution is -2.53. The molecule has 0 spiro atoms. The SMILES string of the molecule is Cc1cc(CC(=O)N2C(C)COCC2C)no1. The third-order valence-electron chi connectivity index (χ3n) is 2.96. The van der Waals surface area contributed by atoms with E-state index in [1.165, 1.54) is 0 Å². The molecule has 1 amide bonds. The zero-order valence-corrected chi connectivity index (χ0v) is 10.5. The maximum absolute atomic E-state index is 12.2. The highest BCUT2D eigenvalue weighted by molar-refractivity contribution is 5.79. The topological polar surface area (TPSA) is 55.6 Å². The predicted octanol–water partition coefficient (Wildman–Crippen LogP) is 1.16. The summed E-state index contributed by atoms with van der Waals surface area (Å²) in [5.74, 6) is 0.817. The molecule has 0 aliphatic carbocycles. The smallest absolute Gasteiger partial charge is 0.229 e. The van der Waals surface area contributed by atoms with E-state index >= 15 is 0 Å². The number of amides is 1. The monoisotopic (exact) mass is 238 g/mol. The van der Waals surface area contributed by atoms with Crippen molar-refractivity contribution in [2.45, 2.75) is 39.3 Å². The number of morpholine rings is 1. The molecule has 1 aromatic rings. The average molecular weight is 238 g/mol. The van der Waals surface area contributed by atoms with Gasteiger partial charge in [-0.1, -0.05) is 5.16 Å². The zero-order chi connectivity index (χ0) is 12.4. The minimum atomic E-state index is 0.0848. The fourth-order valence-electron chi connectivity index (χ4n) is 2.24. The number of carbonyl (C=O) groups is 1. The van der Waals surface area contributed by atoms with E-state index < -0.39 is 0 Å². The van der Waals surface area contributed by atoms with Crippen molar-refractivity contribution in [1.29, 1.82) is 0 Å². The second-order valence-electron chi connectivity index (χ2n) is 4.64. The Hall–Kier alpha value is -1.36. The van der Waals surface area contributed by atoms with Gasteiger partial charge < -0.3 is 14.2 Å². The van der Waals surface area contributed by atoms with Crippen LogP contribution in [0.25, 0.3) is 0 Å². The van der Waals surface area contributed by atoms with Crippen LogP contribution in [0.5, 0.6) is 0 Å². The van der Waals surface area contributed by atoms with Crippen LogP contribution in [0, 0.1) is 6.92 Å². The molecular weight excluding hydrogens is 220 g/mol. The van der Waals surface area contributed by atoms with Gasteiger partial charge in [0.1, 0.15) is 5.76 Å². The Morgan fingerprint density at radius 1 is 1.47 bits per heavy atom. The second kappa shape index (κ2) is 4.87. The molecule has 0 radical (unpaired) electrons. The van der Waals surface area contributed by atoms with Gasteiger partial charge in [-0.2, -0.15) is 0 Å². The van der Waals surface area contributed by atoms with Crippen LogP contribution in [0.15, 0.2) is 10.6 Å². The molecule has 94 valence electrons. The minimum Gasteiger partial charge on any atom is -0.377 e. The molecule has 2 rings (SSSR count). The standard InChI is InChI=1S/C12H18N2O3/c1-8-6-16-7-9(2)14(8)12(15)5-11-4-10(3)17-13-11/h4,8-9H,5-7H2,1-3H3. The summed E-state index contributed by atoms with van der Waals surface area (Å²) in [4.78, 5) is 14.1. The first-order valence-electron chi connectivity index (χ1n) is 5.89. The molecule has 2 heterocycles. The quantitative estimate of drug-likeness (QED) is 0.776. The summed E-state index contributed by atoms with van der Waals surface area (Å²) in [6.07, 6.45) is 0.298. The number of aromatic nitrogens is 1. The van der Waals surface area contributed by atoms with Crippen LogP contribution < -0.4 is 0 Å². The number of ether oxygens (including phenoxy) is 1. The lowest BCUT2D eigenvalue weighted by Gasteiger charge is -2.38. The van der Waals surface area contributed by atoms with Crippen molar-refractivity contribution in [3.8, 4) is 0 Å². The van der Waals surface area contributed by atoms with Crippen LogP contribution in [0.2, 0.25) is 0 Å². The summed E-state index contributed by atoms with van der Waals surface area (Å²) in [6, 6.07) is 2.05. The Labute approximate surface area is 101 Å². The molecule has 1 aromatic heterocycles. The lowest BCUT2D eigenvalue weighted by molar-refractivity contribution is -0.143. The maximum atomic E-state index is 12.2. The van der Waals surface area contributed by atoms with Crippen LogP contribution >= 0.6 is 0 Å². The summed E-state index contributed by atoms with van der Waals surface area (Å²) in [5, 5.41) is 3.85. The van der Waals surface area contributed by atoms with Gasteiger partial charge in [-0.15, -0.1) is 0 Å². The summed E-state index contributed by atoms with van der Waals surface area (Å²) in [5.41, 5.74) is 0.693. The molecule has 1 fully saturated rings. The van der Waals surface area contributed by atoms with Gasteiger partial charge in [0.05, 0.1) is 37.4 Å². The van der Waals surface area contributed by atoms with Gasteiger partial charge in [0, 0.05) is 6.07 Å². The Bertz CT molecular complexity index is 392. The van der Waals surface area contributed by atoms with E-state index in [-0.39, 0.29) is 18.0 Å². The van der Waals surface area contributed by atoms with Crippen molar-refractivity contribution in [2.24, 2.45) is 0 Å². The van der Waals surface area contributed by atoms with Crippen LogP contribution in [0.4, 0.5) is 0 Å². The van der Waals surface area contributed by atoms with Crippen molar-refractivity contribution in [2.75, 3.05) is 13.2 Å². The van der Waals surface area contributed by atoms with Gasteiger partial charge in [0.15, 0.2) is 0 Å². The summed E-state index contributed by atoms with van der Waals surface area (Å²) in [6.45, 7) is 7.03. The van der Waals surface area contributed by atoms with Gasteiger partial charge in [-0.05, 0) is 20.8 Å². The summed E-state index contributed by atoms with van der Waals surface area (Å²) in [7, 11) is 0. The third kappa shape index (κ3) is 2.66. The lowest BCUT2D eigenvalue weighted by atomic mass is 10.1. The average Bonchev–Trinajstić information content (AvgIpc) is 2.63. The highest BCUT2D eigenvalue weighted by Crippen LogP contribution is 2.15. The molecule has 0 aromatic carbocycles. The molecule has 0 saturated carbocycles. The van der Waals surface area contributed by atoms with Gasteiger partial charge in [-0.25, -0.2) is 0 Å². The highest BCUT2D eigenvalue weighted by atomic mass is 16.5. The normalized spacial score (nSPS) is 25.0. The van der Waals surface area contributed by atoms with Crippen LogP contribution in [0.1, 0.15) is 25.3 Å². The molecule has 5 nitrogen and oxygen atoms in total. The van der Waals surface area contributed by atoms with Crippen molar-refractivity contribution in [3.63, 3.8) is 0 Å². The first-order valence-corrected chi connectivity index (χ1v) is 5.89. The molecule has 17 heavy (non-hydrogen) atoms. The Morgan fingerprint density at radius 3 is 2.65 bits per heavy atom. The van der Waals surface area contributed by atoms with Crippen molar-refractivity contribution >= 4 is 5.91 Å². The molecule has 1 aliphatic heterocycles. The summed E-state index contributed by atoms with van der Waals surface area (Å²) < 4.78 is 10.4. The van der Waals surface area contributed by atoms with Gasteiger partial charge in [0.2, 0.25) is 5.91 Å². The van der Waals surface area contributed by atoms with Gasteiger partial charge >= 0.3 is 0 Å². The van der Waals surface area contributed by atoms with Crippen LogP contribution in [-0.2, 0) is 16.0 Å². The largest absolute Gasteiger partial charge is 0.377 e. The van der Waals surface area contributed by atoms with E-state index in [1.54, 1.807) is 6.07 Å². The van der Waals surface area contributed by atoms with E-state index in [1.807, 2.05) is 25.7 Å². The van der Waals surface area contributed by atoms with E-state index in [4.69, 9.17) is 9.26 Å². The number of aryl methyl sites for hydroxylation is 1. The molecule has 1 saturated heterocycles. The summed E-state index contributed by atoms with van der Waals surface area (Å²) >= 11 is 0. The van der Waals surface area contributed by atoms with E-state index in [0.717, 1.165) is 5.76 Å². The number of nitrogens with zero attached hydrogens (tertiary/aromatic N) is 2. The van der Waals surface area contributed by atoms with E-state index in [0.29, 0.717) is 25.3 Å². The molecule has 1 aliphatic rings. The molecular formula is C12H18N2O3. The third-order valence-corrected chi connectivity index (χ3v) is 2.96. The van der Waals surface area contributed by atoms with Crippen molar-refractivity contribution in [3.05, 3.63) is 17.5 Å². The van der Waals surface area contributed by atoms with Gasteiger partial charge in [-0.3, -0.25) is 4.79 Å². The number of hydrogen-bond donors (Lipinski definition) is 0. The van der Waals surface area contributed by atoms with Crippen molar-refractivity contribution in [1.82, 2.24) is 10.1 Å². The predicted molar refractivity (Wildman–Crippen MR) is 61.5 cm³/mol. The second-order valence-corrected chi connectivity index (χ2v) is 4.64. The Balaban J connectivity index is 2.03. The zero-order valence-electron chi connectivity index (χ0n) is 10.5. The molecule has 0 N–H and O–H groups in total. The Kier molecular flexibility index (Phi) is 3.47. The van der Waals surface area contributed by atoms with Crippen molar-refractivity contribution < 1.29 is 14.1 Å². The number of carbonyl (C=O) groups excluding carboxylic acids is 1. The fourth-order valence-corrected chi connectivity index (χ4v) is 2.24. The van der Waals surface area contributed by atoms with E-state index in [9.17, 15) is 4.79 Å². The minimum absolute atomic E-state index is 0.0848. The highest BCUT2D eigenvalue weighted by Gasteiger charge is 2.29. The molecule has 2 unspecified atom stereocenters. The molecule has 5 heteroatoms. The van der Waals surface area contributed by atoms with Gasteiger partial charge in [0.25, 0.3) is 0 Å². The molecule has 2 atom stereocenters. The molecule has 0 bridgehead atoms. The van der Waals surface area contributed by atoms with Crippen LogP contribution in [0.3, 0.4) is 0 Å². The first-order chi connectivity index (χ1) is 8.08. The number of hydrogen-bond acceptors (Lipinski definition) is 4. The van der Waals surface area contributed by atoms with Crippen LogP contribution in [-0.4, -0.2) is 41.3 Å². The fraction of sp³-hybridized carbons (Fsp3) is 0.667.